The van der Waals surface area contributed by atoms with E-state index in [1.54, 1.807) is 20.4 Å². The smallest absolute Gasteiger partial charge is 0.227 e. The first kappa shape index (κ1) is 12.2. The van der Waals surface area contributed by atoms with Gasteiger partial charge < -0.3 is 14.8 Å². The van der Waals surface area contributed by atoms with Crippen LogP contribution in [0.2, 0.25) is 0 Å². The number of methoxy groups -OCH3 is 2. The zero-order valence-corrected chi connectivity index (χ0v) is 10.6. The van der Waals surface area contributed by atoms with Crippen LogP contribution in [0.15, 0.2) is 30.5 Å². The van der Waals surface area contributed by atoms with Gasteiger partial charge in [0.15, 0.2) is 0 Å². The Morgan fingerprint density at radius 3 is 2.28 bits per heavy atom. The summed E-state index contributed by atoms with van der Waals surface area (Å²) in [5.74, 6) is 1.97. The Kier molecular flexibility index (Phi) is 3.62. The molecule has 0 saturated carbocycles. The summed E-state index contributed by atoms with van der Waals surface area (Å²) >= 11 is 0. The van der Waals surface area contributed by atoms with Crippen molar-refractivity contribution in [2.75, 3.05) is 19.5 Å². The molecule has 0 fully saturated rings. The Morgan fingerprint density at radius 2 is 1.72 bits per heavy atom. The molecule has 0 unspecified atom stereocenters. The van der Waals surface area contributed by atoms with Crippen molar-refractivity contribution >= 4 is 11.6 Å². The first-order valence-electron chi connectivity index (χ1n) is 5.51. The lowest BCUT2D eigenvalue weighted by Gasteiger charge is -2.09. The summed E-state index contributed by atoms with van der Waals surface area (Å²) in [6.45, 7) is 1.92. The van der Waals surface area contributed by atoms with Gasteiger partial charge in [-0.3, -0.25) is 0 Å². The van der Waals surface area contributed by atoms with Gasteiger partial charge in [0.05, 0.1) is 14.2 Å². The Bertz CT molecular complexity index is 521. The summed E-state index contributed by atoms with van der Waals surface area (Å²) in [5.41, 5.74) is 1.72. The van der Waals surface area contributed by atoms with Crippen molar-refractivity contribution in [2.45, 2.75) is 6.92 Å². The highest BCUT2D eigenvalue weighted by atomic mass is 16.5. The van der Waals surface area contributed by atoms with Crippen LogP contribution in [0.4, 0.5) is 11.6 Å². The monoisotopic (exact) mass is 245 g/mol. The molecule has 0 atom stereocenters. The van der Waals surface area contributed by atoms with Crippen molar-refractivity contribution in [3.8, 4) is 11.5 Å². The molecule has 1 N–H and O–H groups in total. The van der Waals surface area contributed by atoms with Crippen molar-refractivity contribution in [1.29, 1.82) is 0 Å². The first-order chi connectivity index (χ1) is 8.71. The summed E-state index contributed by atoms with van der Waals surface area (Å²) in [7, 11) is 3.23. The van der Waals surface area contributed by atoms with Crippen LogP contribution < -0.4 is 14.8 Å². The summed E-state index contributed by atoms with van der Waals surface area (Å²) < 4.78 is 10.4. The third-order valence-corrected chi connectivity index (χ3v) is 2.40. The van der Waals surface area contributed by atoms with E-state index in [-0.39, 0.29) is 0 Å². The second kappa shape index (κ2) is 5.35. The van der Waals surface area contributed by atoms with Crippen LogP contribution in [0.1, 0.15) is 5.69 Å². The molecule has 0 spiro atoms. The zero-order valence-electron chi connectivity index (χ0n) is 10.6. The second-order valence-electron chi connectivity index (χ2n) is 3.75. The highest BCUT2D eigenvalue weighted by molar-refractivity contribution is 5.59. The van der Waals surface area contributed by atoms with Crippen molar-refractivity contribution < 1.29 is 9.47 Å². The van der Waals surface area contributed by atoms with Crippen molar-refractivity contribution in [2.24, 2.45) is 0 Å². The number of aryl methyl sites for hydroxylation is 1. The summed E-state index contributed by atoms with van der Waals surface area (Å²) in [5, 5.41) is 3.11. The number of nitrogens with one attached hydrogen (secondary N) is 1. The fourth-order valence-corrected chi connectivity index (χ4v) is 1.52. The predicted octanol–water partition coefficient (Wildman–Crippen LogP) is 2.55. The number of hydrogen-bond acceptors (Lipinski definition) is 5. The number of rotatable bonds is 4. The molecule has 1 aromatic heterocycles. The number of nitrogens with zero attached hydrogens (tertiary/aromatic N) is 2. The minimum Gasteiger partial charge on any atom is -0.497 e. The maximum absolute atomic E-state index is 5.20. The maximum atomic E-state index is 5.20. The lowest BCUT2D eigenvalue weighted by molar-refractivity contribution is 0.395. The fraction of sp³-hybridized carbons (Fsp3) is 0.231. The second-order valence-corrected chi connectivity index (χ2v) is 3.75. The average molecular weight is 245 g/mol. The van der Waals surface area contributed by atoms with Crippen LogP contribution in [0.25, 0.3) is 0 Å². The molecular formula is C13H15N3O2. The largest absolute Gasteiger partial charge is 0.497 e. The zero-order chi connectivity index (χ0) is 13.0. The maximum Gasteiger partial charge on any atom is 0.227 e. The van der Waals surface area contributed by atoms with Gasteiger partial charge in [-0.2, -0.15) is 0 Å². The first-order valence-corrected chi connectivity index (χ1v) is 5.51. The van der Waals surface area contributed by atoms with E-state index in [0.717, 1.165) is 11.4 Å². The van der Waals surface area contributed by atoms with Gasteiger partial charge in [0.2, 0.25) is 5.95 Å². The Balaban J connectivity index is 2.28. The van der Waals surface area contributed by atoms with E-state index in [9.17, 15) is 0 Å². The van der Waals surface area contributed by atoms with E-state index >= 15 is 0 Å². The van der Waals surface area contributed by atoms with Crippen LogP contribution in [-0.4, -0.2) is 24.2 Å². The Labute approximate surface area is 106 Å². The van der Waals surface area contributed by atoms with Crippen LogP contribution in [0.5, 0.6) is 11.5 Å². The third-order valence-electron chi connectivity index (χ3n) is 2.40. The van der Waals surface area contributed by atoms with E-state index in [2.05, 4.69) is 15.3 Å². The standard InChI is InChI=1S/C13H15N3O2/c1-9-4-5-14-13(15-9)16-10-6-11(17-2)8-12(7-10)18-3/h4-8H,1-3H3,(H,14,15,16). The molecule has 0 radical (unpaired) electrons. The molecule has 0 aliphatic rings. The summed E-state index contributed by atoms with van der Waals surface area (Å²) in [4.78, 5) is 8.42. The van der Waals surface area contributed by atoms with Crippen LogP contribution >= 0.6 is 0 Å². The van der Waals surface area contributed by atoms with E-state index in [1.165, 1.54) is 0 Å². The molecule has 2 aromatic rings. The minimum atomic E-state index is 0.547. The van der Waals surface area contributed by atoms with Crippen LogP contribution in [0.3, 0.4) is 0 Å². The number of anilines is 2. The molecule has 0 bridgehead atoms. The Hall–Kier alpha value is -2.30. The van der Waals surface area contributed by atoms with E-state index in [4.69, 9.17) is 9.47 Å². The van der Waals surface area contributed by atoms with E-state index in [1.807, 2.05) is 31.2 Å². The van der Waals surface area contributed by atoms with Gasteiger partial charge >= 0.3 is 0 Å². The predicted molar refractivity (Wildman–Crippen MR) is 69.6 cm³/mol. The number of hydrogen-bond donors (Lipinski definition) is 1. The summed E-state index contributed by atoms with van der Waals surface area (Å²) in [6.07, 6.45) is 1.71. The molecule has 0 aliphatic carbocycles. The van der Waals surface area contributed by atoms with Crippen molar-refractivity contribution in [1.82, 2.24) is 9.97 Å². The lowest BCUT2D eigenvalue weighted by atomic mass is 10.3. The molecule has 2 rings (SSSR count). The normalized spacial score (nSPS) is 9.94. The average Bonchev–Trinajstić information content (AvgIpc) is 2.38. The molecule has 0 amide bonds. The summed E-state index contributed by atoms with van der Waals surface area (Å²) in [6, 6.07) is 7.36. The molecule has 5 nitrogen and oxygen atoms in total. The van der Waals surface area contributed by atoms with E-state index in [0.29, 0.717) is 17.4 Å². The highest BCUT2D eigenvalue weighted by Crippen LogP contribution is 2.27. The molecule has 94 valence electrons. The van der Waals surface area contributed by atoms with Crippen LogP contribution in [0, 0.1) is 6.92 Å². The van der Waals surface area contributed by atoms with Gasteiger partial charge in [0.25, 0.3) is 0 Å². The van der Waals surface area contributed by atoms with Crippen molar-refractivity contribution in [3.05, 3.63) is 36.2 Å². The SMILES string of the molecule is COc1cc(Nc2nccc(C)n2)cc(OC)c1. The van der Waals surface area contributed by atoms with Crippen LogP contribution in [-0.2, 0) is 0 Å². The molecule has 1 heterocycles. The molecule has 5 heteroatoms. The fourth-order valence-electron chi connectivity index (χ4n) is 1.52. The number of benzene rings is 1. The lowest BCUT2D eigenvalue weighted by Crippen LogP contribution is -1.98. The molecule has 0 saturated heterocycles. The molecular weight excluding hydrogens is 230 g/mol. The minimum absolute atomic E-state index is 0.547. The third kappa shape index (κ3) is 2.88. The molecule has 0 aliphatic heterocycles. The van der Waals surface area contributed by atoms with Crippen molar-refractivity contribution in [3.63, 3.8) is 0 Å². The number of aromatic nitrogens is 2. The topological polar surface area (TPSA) is 56.3 Å². The van der Waals surface area contributed by atoms with Gasteiger partial charge in [0.1, 0.15) is 11.5 Å². The number of ether oxygens (including phenoxy) is 2. The molecule has 1 aromatic carbocycles. The Morgan fingerprint density at radius 1 is 1.06 bits per heavy atom. The highest BCUT2D eigenvalue weighted by Gasteiger charge is 2.03. The quantitative estimate of drug-likeness (QED) is 0.897. The van der Waals surface area contributed by atoms with Gasteiger partial charge in [-0.15, -0.1) is 0 Å². The van der Waals surface area contributed by atoms with Gasteiger partial charge in [-0.05, 0) is 13.0 Å². The van der Waals surface area contributed by atoms with E-state index < -0.39 is 0 Å². The van der Waals surface area contributed by atoms with Gasteiger partial charge in [0, 0.05) is 35.8 Å². The van der Waals surface area contributed by atoms with Gasteiger partial charge in [-0.1, -0.05) is 0 Å². The van der Waals surface area contributed by atoms with Gasteiger partial charge in [-0.25, -0.2) is 9.97 Å². The molecule has 18 heavy (non-hydrogen) atoms.